The molecule has 34 heavy (non-hydrogen) atoms. The third-order valence-corrected chi connectivity index (χ3v) is 7.97. The van der Waals surface area contributed by atoms with Crippen LogP contribution in [0.5, 0.6) is 11.5 Å². The molecule has 0 unspecified atom stereocenters. The number of anilines is 2. The lowest BCUT2D eigenvalue weighted by molar-refractivity contribution is 0.227. The number of aromatic nitrogens is 2. The topological polar surface area (TPSA) is 59.5 Å². The van der Waals surface area contributed by atoms with Crippen LogP contribution in [0, 0.1) is 23.6 Å². The number of likely N-dealkylation sites (tertiary alicyclic amines) is 1. The number of nitrogens with zero attached hydrogens (tertiary/aromatic N) is 3. The maximum Gasteiger partial charge on any atom is 0.166 e. The van der Waals surface area contributed by atoms with Crippen LogP contribution in [0.1, 0.15) is 12.8 Å². The van der Waals surface area contributed by atoms with E-state index in [1.54, 1.807) is 19.2 Å². The van der Waals surface area contributed by atoms with Crippen molar-refractivity contribution in [2.75, 3.05) is 39.2 Å². The number of hydrogen-bond acceptors (Lipinski definition) is 6. The van der Waals surface area contributed by atoms with Gasteiger partial charge in [0.15, 0.2) is 17.3 Å². The smallest absolute Gasteiger partial charge is 0.166 e. The Balaban J connectivity index is 0.00000274. The van der Waals surface area contributed by atoms with Gasteiger partial charge in [-0.05, 0) is 71.8 Å². The Kier molecular flexibility index (Phi) is 7.72. The average Bonchev–Trinajstić information content (AvgIpc) is 3.34. The molecule has 2 aliphatic rings. The van der Waals surface area contributed by atoms with Crippen molar-refractivity contribution in [2.24, 2.45) is 17.8 Å². The lowest BCUT2D eigenvalue weighted by Crippen LogP contribution is -2.18. The molecule has 0 radical (unpaired) electrons. The van der Waals surface area contributed by atoms with E-state index in [2.05, 4.69) is 43.2 Å². The molecule has 5 rings (SSSR count). The summed E-state index contributed by atoms with van der Waals surface area (Å²) in [4.78, 5) is 11.1. The zero-order valence-electron chi connectivity index (χ0n) is 18.9. The third-order valence-electron chi connectivity index (χ3n) is 6.71. The van der Waals surface area contributed by atoms with Gasteiger partial charge >= 0.3 is 0 Å². The van der Waals surface area contributed by atoms with E-state index in [1.807, 2.05) is 12.1 Å². The molecule has 2 fully saturated rings. The summed E-state index contributed by atoms with van der Waals surface area (Å²) >= 11 is 9.26. The molecule has 1 saturated heterocycles. The molecule has 10 heteroatoms. The minimum absolute atomic E-state index is 0. The summed E-state index contributed by atoms with van der Waals surface area (Å²) in [5.74, 6) is 3.27. The third kappa shape index (κ3) is 4.91. The SMILES string of the molecule is COc1cc2c(Nc3ccc(Br)c(Cl)c3F)ncnc2cc1OC[C@H]1C[C@@H]2CN(C)C[C@@H]2C1.Cl. The highest BCUT2D eigenvalue weighted by Gasteiger charge is 2.39. The second kappa shape index (κ2) is 10.4. The van der Waals surface area contributed by atoms with E-state index in [-0.39, 0.29) is 23.1 Å². The number of fused-ring (bicyclic) bond motifs is 2. The predicted octanol–water partition coefficient (Wildman–Crippen LogP) is 6.33. The molecule has 0 amide bonds. The van der Waals surface area contributed by atoms with Gasteiger partial charge in [-0.1, -0.05) is 11.6 Å². The van der Waals surface area contributed by atoms with Gasteiger partial charge in [0.25, 0.3) is 0 Å². The summed E-state index contributed by atoms with van der Waals surface area (Å²) in [7, 11) is 3.81. The summed E-state index contributed by atoms with van der Waals surface area (Å²) in [6.45, 7) is 3.05. The number of methoxy groups -OCH3 is 1. The van der Waals surface area contributed by atoms with Gasteiger partial charge in [-0.25, -0.2) is 14.4 Å². The lowest BCUT2D eigenvalue weighted by atomic mass is 10.0. The van der Waals surface area contributed by atoms with Crippen molar-refractivity contribution < 1.29 is 13.9 Å². The first kappa shape index (κ1) is 25.2. The fourth-order valence-corrected chi connectivity index (χ4v) is 5.66. The second-order valence-electron chi connectivity index (χ2n) is 8.98. The quantitative estimate of drug-likeness (QED) is 0.349. The number of nitrogens with one attached hydrogen (secondary N) is 1. The van der Waals surface area contributed by atoms with E-state index in [4.69, 9.17) is 21.1 Å². The molecular weight excluding hydrogens is 546 g/mol. The first-order valence-electron chi connectivity index (χ1n) is 11.0. The van der Waals surface area contributed by atoms with Crippen molar-refractivity contribution in [3.63, 3.8) is 0 Å². The Morgan fingerprint density at radius 2 is 1.91 bits per heavy atom. The van der Waals surface area contributed by atoms with E-state index in [0.29, 0.717) is 45.2 Å². The van der Waals surface area contributed by atoms with Gasteiger partial charge in [0.05, 0.1) is 29.9 Å². The van der Waals surface area contributed by atoms with Crippen LogP contribution in [0.2, 0.25) is 5.02 Å². The minimum atomic E-state index is -0.558. The minimum Gasteiger partial charge on any atom is -0.493 e. The molecule has 2 aromatic carbocycles. The Morgan fingerprint density at radius 3 is 2.62 bits per heavy atom. The van der Waals surface area contributed by atoms with Crippen LogP contribution in [-0.4, -0.2) is 48.7 Å². The Labute approximate surface area is 217 Å². The van der Waals surface area contributed by atoms with E-state index < -0.39 is 5.82 Å². The fraction of sp³-hybridized carbons (Fsp3) is 0.417. The summed E-state index contributed by atoms with van der Waals surface area (Å²) in [6, 6.07) is 6.96. The molecule has 0 bridgehead atoms. The number of rotatable bonds is 6. The Morgan fingerprint density at radius 1 is 1.18 bits per heavy atom. The molecule has 0 spiro atoms. The van der Waals surface area contributed by atoms with E-state index in [0.717, 1.165) is 11.8 Å². The number of halogens is 4. The zero-order chi connectivity index (χ0) is 23.1. The van der Waals surface area contributed by atoms with E-state index in [1.165, 1.54) is 32.3 Å². The van der Waals surface area contributed by atoms with Crippen LogP contribution in [0.4, 0.5) is 15.9 Å². The van der Waals surface area contributed by atoms with Crippen LogP contribution in [0.25, 0.3) is 10.9 Å². The van der Waals surface area contributed by atoms with Gasteiger partial charge < -0.3 is 19.7 Å². The zero-order valence-corrected chi connectivity index (χ0v) is 22.0. The molecule has 1 aromatic heterocycles. The van der Waals surface area contributed by atoms with Crippen LogP contribution < -0.4 is 14.8 Å². The molecule has 3 aromatic rings. The highest BCUT2D eigenvalue weighted by molar-refractivity contribution is 9.10. The maximum absolute atomic E-state index is 14.6. The standard InChI is InChI=1S/C24H25BrClFN4O2.ClH/c1-31-9-14-5-13(6-15(14)10-31)11-33-21-8-19-16(7-20(21)32-2)24(29-12-28-19)30-18-4-3-17(25)22(26)23(18)27;/h3-4,7-8,12-15H,5-6,9-11H2,1-2H3,(H,28,29,30);1H/t13-,14+,15-;. The lowest BCUT2D eigenvalue weighted by Gasteiger charge is -2.17. The molecule has 1 N–H and O–H groups in total. The van der Waals surface area contributed by atoms with Crippen molar-refractivity contribution in [2.45, 2.75) is 12.8 Å². The van der Waals surface area contributed by atoms with Gasteiger partial charge in [0.1, 0.15) is 12.1 Å². The molecule has 6 nitrogen and oxygen atoms in total. The maximum atomic E-state index is 14.6. The Hall–Kier alpha value is -1.87. The molecular formula is C24H26BrCl2FN4O2. The fourth-order valence-electron chi connectivity index (χ4n) is 5.19. The van der Waals surface area contributed by atoms with Crippen molar-refractivity contribution in [3.05, 3.63) is 45.9 Å². The average molecular weight is 572 g/mol. The Bertz CT molecular complexity index is 1190. The van der Waals surface area contributed by atoms with Gasteiger partial charge in [0.2, 0.25) is 0 Å². The van der Waals surface area contributed by atoms with Crippen LogP contribution in [-0.2, 0) is 0 Å². The number of benzene rings is 2. The number of ether oxygens (including phenoxy) is 2. The summed E-state index contributed by atoms with van der Waals surface area (Å²) in [5.41, 5.74) is 0.900. The van der Waals surface area contributed by atoms with E-state index >= 15 is 0 Å². The summed E-state index contributed by atoms with van der Waals surface area (Å²) < 4.78 is 26.9. The normalized spacial score (nSPS) is 21.9. The van der Waals surface area contributed by atoms with Crippen molar-refractivity contribution >= 4 is 62.3 Å². The van der Waals surface area contributed by atoms with Gasteiger partial charge in [0, 0.05) is 29.0 Å². The first-order chi connectivity index (χ1) is 15.9. The summed E-state index contributed by atoms with van der Waals surface area (Å²) in [5, 5.41) is 3.73. The molecule has 1 aliphatic heterocycles. The van der Waals surface area contributed by atoms with Crippen LogP contribution in [0.3, 0.4) is 0 Å². The molecule has 1 saturated carbocycles. The molecule has 1 aliphatic carbocycles. The summed E-state index contributed by atoms with van der Waals surface area (Å²) in [6.07, 6.45) is 3.86. The van der Waals surface area contributed by atoms with Crippen molar-refractivity contribution in [3.8, 4) is 11.5 Å². The monoisotopic (exact) mass is 570 g/mol. The molecule has 2 heterocycles. The van der Waals surface area contributed by atoms with Crippen LogP contribution in [0.15, 0.2) is 35.1 Å². The van der Waals surface area contributed by atoms with Crippen LogP contribution >= 0.6 is 39.9 Å². The van der Waals surface area contributed by atoms with E-state index in [9.17, 15) is 4.39 Å². The molecule has 3 atom stereocenters. The second-order valence-corrected chi connectivity index (χ2v) is 10.2. The number of hydrogen-bond donors (Lipinski definition) is 1. The highest BCUT2D eigenvalue weighted by atomic mass is 79.9. The van der Waals surface area contributed by atoms with Gasteiger partial charge in [-0.2, -0.15) is 0 Å². The van der Waals surface area contributed by atoms with Gasteiger partial charge in [-0.15, -0.1) is 12.4 Å². The van der Waals surface area contributed by atoms with Crippen molar-refractivity contribution in [1.29, 1.82) is 0 Å². The van der Waals surface area contributed by atoms with Crippen molar-refractivity contribution in [1.82, 2.24) is 14.9 Å². The molecule has 182 valence electrons. The van der Waals surface area contributed by atoms with Gasteiger partial charge in [-0.3, -0.25) is 0 Å². The predicted molar refractivity (Wildman–Crippen MR) is 138 cm³/mol. The highest BCUT2D eigenvalue weighted by Crippen LogP contribution is 2.42. The first-order valence-corrected chi connectivity index (χ1v) is 12.1. The largest absolute Gasteiger partial charge is 0.493 e.